The van der Waals surface area contributed by atoms with Crippen molar-refractivity contribution in [1.82, 2.24) is 9.80 Å². The normalized spacial score (nSPS) is 12.2. The maximum Gasteiger partial charge on any atom is 0.410 e. The van der Waals surface area contributed by atoms with Crippen molar-refractivity contribution in [3.8, 4) is 0 Å². The maximum absolute atomic E-state index is 14.2. The van der Waals surface area contributed by atoms with Crippen molar-refractivity contribution in [2.75, 3.05) is 40.3 Å². The van der Waals surface area contributed by atoms with Gasteiger partial charge in [-0.3, -0.25) is 9.59 Å². The lowest BCUT2D eigenvalue weighted by atomic mass is 10.0. The molecule has 0 aliphatic carbocycles. The second-order valence-corrected chi connectivity index (χ2v) is 23.0. The number of amides is 1. The van der Waals surface area contributed by atoms with E-state index in [0.717, 1.165) is 187 Å². The van der Waals surface area contributed by atoms with Gasteiger partial charge in [0.1, 0.15) is 18.3 Å². The van der Waals surface area contributed by atoms with Gasteiger partial charge in [0.15, 0.2) is 0 Å². The molecule has 9 heteroatoms. The van der Waals surface area contributed by atoms with Crippen LogP contribution in [0, 0.1) is 0 Å². The second kappa shape index (κ2) is 55.9. The first-order chi connectivity index (χ1) is 36.1. The van der Waals surface area contributed by atoms with E-state index in [1.54, 1.807) is 0 Å². The van der Waals surface area contributed by atoms with Gasteiger partial charge >= 0.3 is 18.0 Å². The predicted molar refractivity (Wildman–Crippen MR) is 316 cm³/mol. The van der Waals surface area contributed by atoms with Crippen LogP contribution in [-0.4, -0.2) is 92.6 Å². The lowest BCUT2D eigenvalue weighted by Gasteiger charge is -2.30. The van der Waals surface area contributed by atoms with E-state index in [1.165, 1.54) is 109 Å². The number of rotatable bonds is 58. The van der Waals surface area contributed by atoms with Gasteiger partial charge in [0.2, 0.25) is 0 Å². The van der Waals surface area contributed by atoms with Gasteiger partial charge in [-0.05, 0) is 130 Å². The summed E-state index contributed by atoms with van der Waals surface area (Å²) in [4.78, 5) is 44.2. The van der Waals surface area contributed by atoms with Crippen LogP contribution >= 0.6 is 0 Å². The number of unbranched alkanes of at least 4 members (excludes halogenated alkanes) is 28. The van der Waals surface area contributed by atoms with E-state index in [-0.39, 0.29) is 42.4 Å². The number of ether oxygens (including phenoxy) is 4. The van der Waals surface area contributed by atoms with Crippen molar-refractivity contribution in [2.24, 2.45) is 0 Å². The van der Waals surface area contributed by atoms with Crippen LogP contribution in [0.25, 0.3) is 0 Å². The van der Waals surface area contributed by atoms with Crippen molar-refractivity contribution in [3.05, 3.63) is 0 Å². The predicted octanol–water partition coefficient (Wildman–Crippen LogP) is 19.6. The third kappa shape index (κ3) is 48.5. The van der Waals surface area contributed by atoms with E-state index in [9.17, 15) is 14.4 Å². The van der Waals surface area contributed by atoms with Crippen molar-refractivity contribution >= 4 is 18.0 Å². The Bertz CT molecular complexity index is 1120. The molecule has 0 fully saturated rings. The molecular weight excluding hydrogens is 921 g/mol. The highest BCUT2D eigenvalue weighted by Crippen LogP contribution is 2.22. The molecule has 0 radical (unpaired) electrons. The molecule has 1 unspecified atom stereocenters. The highest BCUT2D eigenvalue weighted by Gasteiger charge is 2.24. The first kappa shape index (κ1) is 72.1. The third-order valence-electron chi connectivity index (χ3n) is 15.1. The average molecular weight is 1050 g/mol. The van der Waals surface area contributed by atoms with Gasteiger partial charge in [-0.25, -0.2) is 4.79 Å². The molecule has 0 bridgehead atoms. The van der Waals surface area contributed by atoms with Gasteiger partial charge in [0.05, 0.1) is 12.6 Å². The minimum absolute atomic E-state index is 0.00699. The number of nitrogens with zero attached hydrogens (tertiary/aromatic N) is 2. The first-order valence-corrected chi connectivity index (χ1v) is 32.7. The highest BCUT2D eigenvalue weighted by molar-refractivity contribution is 5.70. The monoisotopic (exact) mass is 1050 g/mol. The molecule has 0 spiro atoms. The maximum atomic E-state index is 14.2. The summed E-state index contributed by atoms with van der Waals surface area (Å²) in [6.45, 7) is 16.4. The van der Waals surface area contributed by atoms with E-state index in [0.29, 0.717) is 25.9 Å². The van der Waals surface area contributed by atoms with Crippen LogP contribution in [0.3, 0.4) is 0 Å². The van der Waals surface area contributed by atoms with E-state index >= 15 is 0 Å². The molecule has 0 N–H and O–H groups in total. The molecule has 0 saturated heterocycles. The van der Waals surface area contributed by atoms with Crippen molar-refractivity contribution in [2.45, 2.75) is 361 Å². The first-order valence-electron chi connectivity index (χ1n) is 32.7. The molecule has 0 aromatic heterocycles. The zero-order valence-electron chi connectivity index (χ0n) is 50.9. The van der Waals surface area contributed by atoms with Crippen LogP contribution in [0.4, 0.5) is 4.79 Å². The number of esters is 2. The average Bonchev–Trinajstić information content (AvgIpc) is 3.38. The summed E-state index contributed by atoms with van der Waals surface area (Å²) in [5, 5.41) is 0. The number of carbonyl (C=O) groups is 3. The van der Waals surface area contributed by atoms with Crippen molar-refractivity contribution < 1.29 is 33.3 Å². The van der Waals surface area contributed by atoms with Gasteiger partial charge in [0, 0.05) is 26.0 Å². The Morgan fingerprint density at radius 3 is 1.01 bits per heavy atom. The molecule has 0 heterocycles. The summed E-state index contributed by atoms with van der Waals surface area (Å²) in [5.41, 5.74) is 0. The Labute approximate surface area is 461 Å². The van der Waals surface area contributed by atoms with E-state index in [4.69, 9.17) is 18.9 Å². The van der Waals surface area contributed by atoms with Gasteiger partial charge in [-0.2, -0.15) is 0 Å². The summed E-state index contributed by atoms with van der Waals surface area (Å²) in [7, 11) is 4.19. The van der Waals surface area contributed by atoms with Crippen LogP contribution in [-0.2, 0) is 28.5 Å². The Balaban J connectivity index is 5.42. The summed E-state index contributed by atoms with van der Waals surface area (Å²) < 4.78 is 25.1. The molecule has 0 aromatic carbocycles. The lowest BCUT2D eigenvalue weighted by molar-refractivity contribution is -0.151. The molecule has 0 rings (SSSR count). The summed E-state index contributed by atoms with van der Waals surface area (Å²) >= 11 is 0. The number of carbonyl (C=O) groups excluding carboxylic acids is 3. The Kier molecular flexibility index (Phi) is 54.5. The zero-order valence-corrected chi connectivity index (χ0v) is 50.9. The fraction of sp³-hybridized carbons (Fsp3) is 0.954. The minimum atomic E-state index is -0.175. The van der Waals surface area contributed by atoms with E-state index < -0.39 is 0 Å². The Hall–Kier alpha value is -1.87. The minimum Gasteiger partial charge on any atom is -0.462 e. The third-order valence-corrected chi connectivity index (χ3v) is 15.1. The smallest absolute Gasteiger partial charge is 0.410 e. The van der Waals surface area contributed by atoms with E-state index in [1.807, 2.05) is 4.90 Å². The molecule has 0 aliphatic heterocycles. The van der Waals surface area contributed by atoms with Crippen molar-refractivity contribution in [3.63, 3.8) is 0 Å². The van der Waals surface area contributed by atoms with Gasteiger partial charge in [0.25, 0.3) is 0 Å². The lowest BCUT2D eigenvalue weighted by Crippen LogP contribution is -2.41. The molecule has 0 saturated carbocycles. The molecule has 0 aromatic rings. The molecule has 1 atom stereocenters. The standard InChI is InChI=1S/C65H128N2O7/c1-9-15-21-26-35-44-57-71-62(46-20-14-6)58-67(56-45-55-66(7)8)65(70)74-61(51-40-31-27-29-33-42-53-63(68)72-59(47-36-22-16-10-2)48-37-23-17-11-3)52-41-32-28-30-34-43-54-64(69)73-60(49-38-24-18-12-4)50-39-25-19-13-5/h59-62H,9-58H2,1-8H3. The molecule has 74 heavy (non-hydrogen) atoms. The van der Waals surface area contributed by atoms with Crippen molar-refractivity contribution in [1.29, 1.82) is 0 Å². The summed E-state index contributed by atoms with van der Waals surface area (Å²) in [6, 6.07) is 0. The number of hydrogen-bond acceptors (Lipinski definition) is 8. The fourth-order valence-corrected chi connectivity index (χ4v) is 10.3. The van der Waals surface area contributed by atoms with Crippen LogP contribution in [0.1, 0.15) is 337 Å². The SMILES string of the molecule is CCCCCCCCOC(CCCC)CN(CCCN(C)C)C(=O)OC(CCCCCCCCC(=O)OC(CCCCCC)CCCCCC)CCCCCCCCC(=O)OC(CCCCCC)CCCCCC. The van der Waals surface area contributed by atoms with E-state index in [2.05, 4.69) is 60.5 Å². The molecule has 0 aliphatic rings. The molecule has 1 amide bonds. The molecular formula is C65H128N2O7. The van der Waals surface area contributed by atoms with Gasteiger partial charge < -0.3 is 28.7 Å². The van der Waals surface area contributed by atoms with Crippen LogP contribution < -0.4 is 0 Å². The van der Waals surface area contributed by atoms with Gasteiger partial charge in [-0.1, -0.05) is 215 Å². The zero-order chi connectivity index (χ0) is 54.4. The Morgan fingerprint density at radius 1 is 0.324 bits per heavy atom. The van der Waals surface area contributed by atoms with Gasteiger partial charge in [-0.15, -0.1) is 0 Å². The topological polar surface area (TPSA) is 94.6 Å². The largest absolute Gasteiger partial charge is 0.462 e. The molecule has 440 valence electrons. The summed E-state index contributed by atoms with van der Waals surface area (Å²) in [5.74, 6) is -0.0140. The van der Waals surface area contributed by atoms with Crippen LogP contribution in [0.5, 0.6) is 0 Å². The Morgan fingerprint density at radius 2 is 0.635 bits per heavy atom. The fourth-order valence-electron chi connectivity index (χ4n) is 10.3. The summed E-state index contributed by atoms with van der Waals surface area (Å²) in [6.07, 6.45) is 50.4. The molecule has 9 nitrogen and oxygen atoms in total. The second-order valence-electron chi connectivity index (χ2n) is 23.0. The quantitative estimate of drug-likeness (QED) is 0.0338. The number of hydrogen-bond donors (Lipinski definition) is 0. The van der Waals surface area contributed by atoms with Crippen LogP contribution in [0.15, 0.2) is 0 Å². The highest BCUT2D eigenvalue weighted by atomic mass is 16.6. The van der Waals surface area contributed by atoms with Crippen LogP contribution in [0.2, 0.25) is 0 Å².